The van der Waals surface area contributed by atoms with Crippen LogP contribution in [0.5, 0.6) is 5.75 Å². The molecule has 0 unspecified atom stereocenters. The highest BCUT2D eigenvalue weighted by atomic mass is 35.5. The smallest absolute Gasteiger partial charge is 0.338 e. The average Bonchev–Trinajstić information content (AvgIpc) is 2.66. The molecule has 2 atom stereocenters. The average molecular weight is 374 g/mol. The van der Waals surface area contributed by atoms with Gasteiger partial charge in [0.15, 0.2) is 0 Å². The fraction of sp³-hybridized carbons (Fsp3) is 0.381. The van der Waals surface area contributed by atoms with Crippen molar-refractivity contribution in [3.8, 4) is 5.75 Å². The number of hydrogen-bond donors (Lipinski definition) is 1. The van der Waals surface area contributed by atoms with E-state index in [-0.39, 0.29) is 18.0 Å². The second-order valence-electron chi connectivity index (χ2n) is 6.38. The zero-order valence-electron chi connectivity index (χ0n) is 14.9. The number of carbonyl (C=O) groups excluding carboxylic acids is 1. The van der Waals surface area contributed by atoms with Gasteiger partial charge in [-0.15, -0.1) is 11.6 Å². The highest BCUT2D eigenvalue weighted by Gasteiger charge is 2.32. The number of esters is 1. The first kappa shape index (κ1) is 18.7. The number of rotatable bonds is 8. The first-order valence-corrected chi connectivity index (χ1v) is 9.54. The fourth-order valence-corrected chi connectivity index (χ4v) is 3.25. The Morgan fingerprint density at radius 1 is 1.19 bits per heavy atom. The molecule has 2 aromatic rings. The van der Waals surface area contributed by atoms with Crippen molar-refractivity contribution in [2.75, 3.05) is 6.61 Å². The summed E-state index contributed by atoms with van der Waals surface area (Å²) in [6.45, 7) is 2.96. The molecule has 26 heavy (non-hydrogen) atoms. The molecule has 5 heteroatoms. The van der Waals surface area contributed by atoms with Gasteiger partial charge in [0.05, 0.1) is 12.2 Å². The Morgan fingerprint density at radius 3 is 2.65 bits per heavy atom. The monoisotopic (exact) mass is 373 g/mol. The minimum absolute atomic E-state index is 0.135. The van der Waals surface area contributed by atoms with E-state index in [1.165, 1.54) is 5.56 Å². The number of nitrogens with one attached hydrogen (secondary N) is 1. The van der Waals surface area contributed by atoms with Gasteiger partial charge >= 0.3 is 5.97 Å². The lowest BCUT2D eigenvalue weighted by Gasteiger charge is -2.37. The summed E-state index contributed by atoms with van der Waals surface area (Å²) < 4.78 is 11.2. The minimum atomic E-state index is -0.347. The van der Waals surface area contributed by atoms with Gasteiger partial charge in [0.2, 0.25) is 0 Å². The topological polar surface area (TPSA) is 47.6 Å². The third kappa shape index (κ3) is 4.57. The molecule has 0 amide bonds. The van der Waals surface area contributed by atoms with Crippen LogP contribution in [0.15, 0.2) is 48.5 Å². The van der Waals surface area contributed by atoms with Crippen molar-refractivity contribution in [1.82, 2.24) is 5.32 Å². The number of benzene rings is 2. The molecule has 3 rings (SSSR count). The summed E-state index contributed by atoms with van der Waals surface area (Å²) in [5.74, 6) is 0.636. The van der Waals surface area contributed by atoms with Crippen LogP contribution in [0.2, 0.25) is 0 Å². The van der Waals surface area contributed by atoms with E-state index in [4.69, 9.17) is 21.1 Å². The van der Waals surface area contributed by atoms with Crippen LogP contribution in [-0.4, -0.2) is 24.7 Å². The first-order valence-electron chi connectivity index (χ1n) is 9.01. The van der Waals surface area contributed by atoms with E-state index in [1.807, 2.05) is 30.3 Å². The zero-order chi connectivity index (χ0) is 18.4. The quantitative estimate of drug-likeness (QED) is 0.553. The number of hydrogen-bond acceptors (Lipinski definition) is 4. The van der Waals surface area contributed by atoms with Gasteiger partial charge < -0.3 is 14.8 Å². The van der Waals surface area contributed by atoms with Crippen molar-refractivity contribution < 1.29 is 14.3 Å². The van der Waals surface area contributed by atoms with Gasteiger partial charge in [0.1, 0.15) is 11.9 Å². The summed E-state index contributed by atoms with van der Waals surface area (Å²) in [7, 11) is 0. The SMILES string of the molecule is CCOC(=O)c1ccc(O[C@H]2CC[C@@H]2NCc2ccccc2)cc1CCl. The second kappa shape index (κ2) is 9.06. The summed E-state index contributed by atoms with van der Waals surface area (Å²) in [5, 5.41) is 3.56. The van der Waals surface area contributed by atoms with Gasteiger partial charge in [-0.05, 0) is 49.1 Å². The van der Waals surface area contributed by atoms with E-state index in [2.05, 4.69) is 17.4 Å². The fourth-order valence-electron chi connectivity index (χ4n) is 3.03. The maximum atomic E-state index is 12.0. The van der Waals surface area contributed by atoms with E-state index in [9.17, 15) is 4.79 Å². The number of halogens is 1. The highest BCUT2D eigenvalue weighted by molar-refractivity contribution is 6.17. The molecular weight excluding hydrogens is 350 g/mol. The van der Waals surface area contributed by atoms with Gasteiger partial charge in [-0.25, -0.2) is 4.79 Å². The molecule has 2 aromatic carbocycles. The van der Waals surface area contributed by atoms with E-state index >= 15 is 0 Å². The van der Waals surface area contributed by atoms with Crippen LogP contribution in [0.1, 0.15) is 41.3 Å². The molecule has 0 aromatic heterocycles. The van der Waals surface area contributed by atoms with Crippen molar-refractivity contribution in [2.24, 2.45) is 0 Å². The molecule has 4 nitrogen and oxygen atoms in total. The van der Waals surface area contributed by atoms with Crippen molar-refractivity contribution in [3.63, 3.8) is 0 Å². The third-order valence-corrected chi connectivity index (χ3v) is 4.91. The Morgan fingerprint density at radius 2 is 2.00 bits per heavy atom. The van der Waals surface area contributed by atoms with Gasteiger partial charge in [0, 0.05) is 18.5 Å². The van der Waals surface area contributed by atoms with Gasteiger partial charge in [0.25, 0.3) is 0 Å². The molecule has 0 radical (unpaired) electrons. The number of ether oxygens (including phenoxy) is 2. The molecule has 1 aliphatic carbocycles. The summed E-state index contributed by atoms with van der Waals surface area (Å²) in [4.78, 5) is 12.0. The van der Waals surface area contributed by atoms with Gasteiger partial charge in [-0.3, -0.25) is 0 Å². The molecule has 1 N–H and O–H groups in total. The summed E-state index contributed by atoms with van der Waals surface area (Å²) in [5.41, 5.74) is 2.50. The predicted molar refractivity (Wildman–Crippen MR) is 103 cm³/mol. The maximum absolute atomic E-state index is 12.0. The predicted octanol–water partition coefficient (Wildman–Crippen LogP) is 4.30. The molecule has 1 saturated carbocycles. The molecule has 0 aliphatic heterocycles. The zero-order valence-corrected chi connectivity index (χ0v) is 15.7. The standard InChI is InChI=1S/C21H24ClNO3/c1-2-25-21(24)18-9-8-17(12-16(18)13-22)26-20-11-10-19(20)23-14-15-6-4-3-5-7-15/h3-9,12,19-20,23H,2,10-11,13-14H2,1H3/t19-,20-/m0/s1. The number of carbonyl (C=O) groups is 1. The second-order valence-corrected chi connectivity index (χ2v) is 6.65. The molecule has 138 valence electrons. The highest BCUT2D eigenvalue weighted by Crippen LogP contribution is 2.28. The number of alkyl halides is 1. The Kier molecular flexibility index (Phi) is 6.53. The van der Waals surface area contributed by atoms with Crippen LogP contribution in [0.3, 0.4) is 0 Å². The van der Waals surface area contributed by atoms with E-state index < -0.39 is 0 Å². The Balaban J connectivity index is 1.59. The molecular formula is C21H24ClNO3. The van der Waals surface area contributed by atoms with Crippen LogP contribution in [-0.2, 0) is 17.2 Å². The summed E-state index contributed by atoms with van der Waals surface area (Å²) in [6, 6.07) is 16.1. The minimum Gasteiger partial charge on any atom is -0.489 e. The van der Waals surface area contributed by atoms with Crippen LogP contribution in [0.4, 0.5) is 0 Å². The molecule has 0 heterocycles. The van der Waals surface area contributed by atoms with E-state index in [0.717, 1.165) is 30.7 Å². The van der Waals surface area contributed by atoms with Crippen LogP contribution >= 0.6 is 11.6 Å². The van der Waals surface area contributed by atoms with Crippen molar-refractivity contribution in [1.29, 1.82) is 0 Å². The normalized spacial score (nSPS) is 18.8. The van der Waals surface area contributed by atoms with E-state index in [1.54, 1.807) is 13.0 Å². The Labute approximate surface area is 159 Å². The molecule has 0 saturated heterocycles. The maximum Gasteiger partial charge on any atom is 0.338 e. The lowest BCUT2D eigenvalue weighted by molar-refractivity contribution is 0.0525. The van der Waals surface area contributed by atoms with Crippen molar-refractivity contribution in [3.05, 3.63) is 65.2 Å². The van der Waals surface area contributed by atoms with Crippen LogP contribution in [0.25, 0.3) is 0 Å². The molecule has 0 bridgehead atoms. The van der Waals surface area contributed by atoms with Crippen molar-refractivity contribution in [2.45, 2.75) is 44.3 Å². The lowest BCUT2D eigenvalue weighted by Crippen LogP contribution is -2.50. The lowest BCUT2D eigenvalue weighted by atomic mass is 9.88. The third-order valence-electron chi connectivity index (χ3n) is 4.63. The van der Waals surface area contributed by atoms with Crippen molar-refractivity contribution >= 4 is 17.6 Å². The molecule has 1 aliphatic rings. The van der Waals surface area contributed by atoms with Crippen LogP contribution < -0.4 is 10.1 Å². The van der Waals surface area contributed by atoms with Crippen LogP contribution in [0, 0.1) is 0 Å². The van der Waals surface area contributed by atoms with Gasteiger partial charge in [-0.2, -0.15) is 0 Å². The first-order chi connectivity index (χ1) is 12.7. The molecule has 0 spiro atoms. The Bertz CT molecular complexity index is 735. The summed E-state index contributed by atoms with van der Waals surface area (Å²) in [6.07, 6.45) is 2.25. The Hall–Kier alpha value is -2.04. The largest absolute Gasteiger partial charge is 0.489 e. The van der Waals surface area contributed by atoms with E-state index in [0.29, 0.717) is 18.2 Å². The molecule has 1 fully saturated rings. The summed E-state index contributed by atoms with van der Waals surface area (Å²) >= 11 is 6.00. The van der Waals surface area contributed by atoms with Gasteiger partial charge in [-0.1, -0.05) is 30.3 Å².